The van der Waals surface area contributed by atoms with Crippen molar-refractivity contribution >= 4 is 12.6 Å². The van der Waals surface area contributed by atoms with E-state index >= 15 is 0 Å². The maximum absolute atomic E-state index is 9.70. The van der Waals surface area contributed by atoms with Gasteiger partial charge in [0.15, 0.2) is 0 Å². The molecule has 1 N–H and O–H groups in total. The molecule has 1 aliphatic rings. The fourth-order valence-corrected chi connectivity index (χ4v) is 2.43. The van der Waals surface area contributed by atoms with Crippen LogP contribution < -0.4 is 0 Å². The van der Waals surface area contributed by atoms with Gasteiger partial charge in [-0.25, -0.2) is 0 Å². The highest BCUT2D eigenvalue weighted by Gasteiger charge is 2.29. The Morgan fingerprint density at radius 3 is 1.50 bits per heavy atom. The van der Waals surface area contributed by atoms with Crippen LogP contribution in [0.4, 0.5) is 0 Å². The van der Waals surface area contributed by atoms with Crippen LogP contribution in [0.5, 0.6) is 0 Å². The van der Waals surface area contributed by atoms with Crippen molar-refractivity contribution in [3.8, 4) is 0 Å². The van der Waals surface area contributed by atoms with E-state index in [9.17, 15) is 5.11 Å². The third-order valence-corrected chi connectivity index (χ3v) is 3.92. The topological polar surface area (TPSA) is 20.2 Å². The van der Waals surface area contributed by atoms with Gasteiger partial charge in [-0.2, -0.15) is 12.6 Å². The molecule has 0 saturated heterocycles. The molecule has 1 fully saturated rings. The zero-order valence-electron chi connectivity index (χ0n) is 14.3. The Balaban J connectivity index is -0.000000272. The van der Waals surface area contributed by atoms with Crippen LogP contribution in [0.25, 0.3) is 0 Å². The van der Waals surface area contributed by atoms with Crippen LogP contribution in [-0.4, -0.2) is 16.0 Å². The molecule has 0 aromatic carbocycles. The second-order valence-electron chi connectivity index (χ2n) is 5.51. The lowest BCUT2D eigenvalue weighted by molar-refractivity contribution is 0.00161. The summed E-state index contributed by atoms with van der Waals surface area (Å²) in [4.78, 5) is 0. The van der Waals surface area contributed by atoms with Crippen molar-refractivity contribution in [3.63, 3.8) is 0 Å². The SMILES string of the molecule is C=C.C=C.CC(C)(O)C1CCC(S)CC1.CCCCC. The second kappa shape index (κ2) is 16.8. The summed E-state index contributed by atoms with van der Waals surface area (Å²) < 4.78 is 0. The molecule has 0 aromatic rings. The molecule has 0 aromatic heterocycles. The number of hydrogen-bond acceptors (Lipinski definition) is 2. The number of hydrogen-bond donors (Lipinski definition) is 2. The van der Waals surface area contributed by atoms with E-state index in [1.54, 1.807) is 0 Å². The van der Waals surface area contributed by atoms with Crippen molar-refractivity contribution in [2.24, 2.45) is 5.92 Å². The number of aliphatic hydroxyl groups is 1. The Hall–Kier alpha value is -0.210. The first-order valence-electron chi connectivity index (χ1n) is 7.82. The van der Waals surface area contributed by atoms with Crippen LogP contribution in [0, 0.1) is 5.92 Å². The quantitative estimate of drug-likeness (QED) is 0.480. The fraction of sp³-hybridized carbons (Fsp3) is 0.778. The first-order chi connectivity index (χ1) is 9.41. The van der Waals surface area contributed by atoms with Gasteiger partial charge in [0.2, 0.25) is 0 Å². The highest BCUT2D eigenvalue weighted by Crippen LogP contribution is 2.34. The van der Waals surface area contributed by atoms with E-state index in [0.717, 1.165) is 25.7 Å². The lowest BCUT2D eigenvalue weighted by Crippen LogP contribution is -2.34. The summed E-state index contributed by atoms with van der Waals surface area (Å²) in [5, 5.41) is 10.3. The first kappa shape index (κ1) is 24.8. The lowest BCUT2D eigenvalue weighted by atomic mass is 9.79. The Labute approximate surface area is 134 Å². The molecule has 0 unspecified atom stereocenters. The summed E-state index contributed by atoms with van der Waals surface area (Å²) in [5.41, 5.74) is -0.478. The molecule has 0 aliphatic heterocycles. The third kappa shape index (κ3) is 15.8. The van der Waals surface area contributed by atoms with E-state index in [4.69, 9.17) is 0 Å². The van der Waals surface area contributed by atoms with Crippen LogP contribution >= 0.6 is 12.6 Å². The molecule has 1 aliphatic carbocycles. The van der Waals surface area contributed by atoms with Crippen molar-refractivity contribution in [3.05, 3.63) is 26.3 Å². The molecule has 0 spiro atoms. The van der Waals surface area contributed by atoms with Gasteiger partial charge < -0.3 is 5.11 Å². The summed E-state index contributed by atoms with van der Waals surface area (Å²) in [5.74, 6) is 0.492. The molecule has 20 heavy (non-hydrogen) atoms. The monoisotopic (exact) mass is 302 g/mol. The van der Waals surface area contributed by atoms with E-state index in [2.05, 4.69) is 52.8 Å². The van der Waals surface area contributed by atoms with E-state index in [1.165, 1.54) is 19.3 Å². The maximum atomic E-state index is 9.70. The zero-order valence-corrected chi connectivity index (χ0v) is 15.2. The predicted molar refractivity (Wildman–Crippen MR) is 98.7 cm³/mol. The van der Waals surface area contributed by atoms with Gasteiger partial charge in [0.05, 0.1) is 5.60 Å². The van der Waals surface area contributed by atoms with Crippen LogP contribution in [-0.2, 0) is 0 Å². The molecular weight excluding hydrogens is 264 g/mol. The maximum Gasteiger partial charge on any atom is 0.0619 e. The van der Waals surface area contributed by atoms with Crippen molar-refractivity contribution in [1.29, 1.82) is 0 Å². The highest BCUT2D eigenvalue weighted by atomic mass is 32.1. The first-order valence-corrected chi connectivity index (χ1v) is 8.33. The van der Waals surface area contributed by atoms with E-state index in [-0.39, 0.29) is 0 Å². The van der Waals surface area contributed by atoms with E-state index in [1.807, 2.05) is 13.8 Å². The molecule has 122 valence electrons. The van der Waals surface area contributed by atoms with Gasteiger partial charge in [-0.05, 0) is 45.4 Å². The molecule has 1 nitrogen and oxygen atoms in total. The Morgan fingerprint density at radius 2 is 1.30 bits per heavy atom. The summed E-state index contributed by atoms with van der Waals surface area (Å²) in [6, 6.07) is 0. The van der Waals surface area contributed by atoms with E-state index in [0.29, 0.717) is 11.2 Å². The van der Waals surface area contributed by atoms with Crippen molar-refractivity contribution in [1.82, 2.24) is 0 Å². The van der Waals surface area contributed by atoms with E-state index < -0.39 is 5.60 Å². The lowest BCUT2D eigenvalue weighted by Gasteiger charge is -2.34. The average Bonchev–Trinajstić information content (AvgIpc) is 2.44. The van der Waals surface area contributed by atoms with Gasteiger partial charge in [0.1, 0.15) is 0 Å². The van der Waals surface area contributed by atoms with Gasteiger partial charge in [0.25, 0.3) is 0 Å². The molecule has 0 atom stereocenters. The van der Waals surface area contributed by atoms with Crippen molar-refractivity contribution in [2.75, 3.05) is 0 Å². The molecule has 0 radical (unpaired) electrons. The number of rotatable bonds is 3. The van der Waals surface area contributed by atoms with Gasteiger partial charge in [-0.15, -0.1) is 26.3 Å². The van der Waals surface area contributed by atoms with Crippen LogP contribution in [0.2, 0.25) is 0 Å². The molecule has 0 bridgehead atoms. The van der Waals surface area contributed by atoms with Gasteiger partial charge in [-0.1, -0.05) is 33.1 Å². The van der Waals surface area contributed by atoms with Crippen molar-refractivity contribution in [2.45, 2.75) is 83.5 Å². The number of thiol groups is 1. The normalized spacial score (nSPS) is 21.1. The summed E-state index contributed by atoms with van der Waals surface area (Å²) in [7, 11) is 0. The Kier molecular flexibility index (Phi) is 20.9. The van der Waals surface area contributed by atoms with Crippen LogP contribution in [0.1, 0.15) is 72.6 Å². The van der Waals surface area contributed by atoms with Gasteiger partial charge in [0, 0.05) is 5.25 Å². The Morgan fingerprint density at radius 1 is 0.950 bits per heavy atom. The summed E-state index contributed by atoms with van der Waals surface area (Å²) in [6.07, 6.45) is 8.68. The van der Waals surface area contributed by atoms with Crippen molar-refractivity contribution < 1.29 is 5.11 Å². The van der Waals surface area contributed by atoms with Crippen LogP contribution in [0.3, 0.4) is 0 Å². The minimum Gasteiger partial charge on any atom is -0.390 e. The molecule has 1 saturated carbocycles. The molecule has 1 rings (SSSR count). The average molecular weight is 303 g/mol. The van der Waals surface area contributed by atoms with Crippen LogP contribution in [0.15, 0.2) is 26.3 Å². The molecule has 0 heterocycles. The third-order valence-electron chi connectivity index (χ3n) is 3.40. The molecular formula is C18H38OS. The molecule has 0 amide bonds. The Bertz CT molecular complexity index is 174. The standard InChI is InChI=1S/C9H18OS.C5H12.2C2H4/c1-9(2,10)7-3-5-8(11)6-4-7;1-3-5-4-2;2*1-2/h7-8,10-11H,3-6H2,1-2H3;3-5H2,1-2H3;2*1-2H2. The summed E-state index contributed by atoms with van der Waals surface area (Å²) in [6.45, 7) is 20.3. The fourth-order valence-electron chi connectivity index (χ4n) is 2.14. The highest BCUT2D eigenvalue weighted by molar-refractivity contribution is 7.80. The largest absolute Gasteiger partial charge is 0.390 e. The van der Waals surface area contributed by atoms with Gasteiger partial charge in [-0.3, -0.25) is 0 Å². The minimum absolute atomic E-state index is 0.478. The minimum atomic E-state index is -0.478. The summed E-state index contributed by atoms with van der Waals surface area (Å²) >= 11 is 4.42. The predicted octanol–water partition coefficient (Wildman–Crippen LogP) is 6.05. The smallest absolute Gasteiger partial charge is 0.0619 e. The molecule has 2 heteroatoms. The number of unbranched alkanes of at least 4 members (excludes halogenated alkanes) is 2. The zero-order chi connectivity index (χ0) is 16.6. The van der Waals surface area contributed by atoms with Gasteiger partial charge >= 0.3 is 0 Å². The second-order valence-corrected chi connectivity index (χ2v) is 6.24.